The highest BCUT2D eigenvalue weighted by Crippen LogP contribution is 2.21. The largest absolute Gasteiger partial charge is 0.313 e. The van der Waals surface area contributed by atoms with Crippen LogP contribution in [0.25, 0.3) is 0 Å². The predicted octanol–water partition coefficient (Wildman–Crippen LogP) is 3.51. The minimum absolute atomic E-state index is 0.399. The van der Waals surface area contributed by atoms with Crippen molar-refractivity contribution >= 4 is 15.9 Å². The van der Waals surface area contributed by atoms with Gasteiger partial charge in [-0.25, -0.2) is 0 Å². The molecule has 15 heavy (non-hydrogen) atoms. The van der Waals surface area contributed by atoms with Gasteiger partial charge in [0.25, 0.3) is 0 Å². The van der Waals surface area contributed by atoms with Crippen LogP contribution in [-0.2, 0) is 0 Å². The van der Waals surface area contributed by atoms with Crippen LogP contribution >= 0.6 is 15.9 Å². The number of halogens is 1. The average Bonchev–Trinajstić information content (AvgIpc) is 2.24. The van der Waals surface area contributed by atoms with E-state index in [0.717, 1.165) is 23.7 Å². The molecule has 0 heterocycles. The maximum absolute atomic E-state index is 5.24. The Morgan fingerprint density at radius 2 is 2.33 bits per heavy atom. The van der Waals surface area contributed by atoms with E-state index in [9.17, 15) is 0 Å². The van der Waals surface area contributed by atoms with E-state index >= 15 is 0 Å². The summed E-state index contributed by atoms with van der Waals surface area (Å²) in [5, 5.41) is 3.32. The summed E-state index contributed by atoms with van der Waals surface area (Å²) in [5.41, 5.74) is 1.31. The van der Waals surface area contributed by atoms with Gasteiger partial charge in [-0.05, 0) is 37.6 Å². The molecule has 0 radical (unpaired) electrons. The highest BCUT2D eigenvalue weighted by atomic mass is 79.9. The van der Waals surface area contributed by atoms with E-state index in [1.807, 2.05) is 13.1 Å². The topological polar surface area (TPSA) is 12.0 Å². The van der Waals surface area contributed by atoms with Gasteiger partial charge >= 0.3 is 0 Å². The smallest absolute Gasteiger partial charge is 0.0318 e. The van der Waals surface area contributed by atoms with Crippen LogP contribution in [0.5, 0.6) is 0 Å². The molecule has 0 bridgehead atoms. The fourth-order valence-corrected chi connectivity index (χ4v) is 2.03. The van der Waals surface area contributed by atoms with Crippen molar-refractivity contribution < 1.29 is 0 Å². The lowest BCUT2D eigenvalue weighted by Crippen LogP contribution is -2.16. The van der Waals surface area contributed by atoms with Gasteiger partial charge in [-0.1, -0.05) is 28.1 Å². The zero-order valence-electron chi connectivity index (χ0n) is 8.96. The molecule has 1 rings (SSSR count). The Bertz CT molecular complexity index is 341. The lowest BCUT2D eigenvalue weighted by atomic mass is 10.0. The van der Waals surface area contributed by atoms with Crippen LogP contribution in [0.3, 0.4) is 0 Å². The Labute approximate surface area is 100 Å². The van der Waals surface area contributed by atoms with Crippen LogP contribution in [-0.4, -0.2) is 7.05 Å². The first kappa shape index (κ1) is 12.3. The number of hydrogen-bond acceptors (Lipinski definition) is 1. The van der Waals surface area contributed by atoms with E-state index in [1.54, 1.807) is 0 Å². The fourth-order valence-electron chi connectivity index (χ4n) is 1.61. The van der Waals surface area contributed by atoms with Crippen LogP contribution in [0.1, 0.15) is 30.9 Å². The van der Waals surface area contributed by atoms with Crippen molar-refractivity contribution in [1.82, 2.24) is 5.32 Å². The molecular formula is C13H16BrN. The summed E-state index contributed by atoms with van der Waals surface area (Å²) in [4.78, 5) is 0. The van der Waals surface area contributed by atoms with Crippen molar-refractivity contribution in [2.75, 3.05) is 7.05 Å². The molecule has 80 valence electrons. The van der Waals surface area contributed by atoms with Gasteiger partial charge < -0.3 is 5.32 Å². The van der Waals surface area contributed by atoms with Crippen molar-refractivity contribution in [2.24, 2.45) is 0 Å². The van der Waals surface area contributed by atoms with Gasteiger partial charge in [-0.2, -0.15) is 0 Å². The summed E-state index contributed by atoms with van der Waals surface area (Å²) in [6.07, 6.45) is 8.24. The Morgan fingerprint density at radius 3 is 2.93 bits per heavy atom. The van der Waals surface area contributed by atoms with Gasteiger partial charge in [0.05, 0.1) is 0 Å². The molecule has 0 aromatic heterocycles. The molecule has 0 saturated heterocycles. The third-order valence-electron chi connectivity index (χ3n) is 2.41. The van der Waals surface area contributed by atoms with Crippen molar-refractivity contribution in [2.45, 2.75) is 25.3 Å². The van der Waals surface area contributed by atoms with E-state index in [0.29, 0.717) is 6.04 Å². The Morgan fingerprint density at radius 1 is 1.53 bits per heavy atom. The van der Waals surface area contributed by atoms with Gasteiger partial charge in [0.2, 0.25) is 0 Å². The molecule has 1 aromatic carbocycles. The molecule has 1 N–H and O–H groups in total. The maximum Gasteiger partial charge on any atom is 0.0318 e. The number of hydrogen-bond donors (Lipinski definition) is 1. The number of terminal acetylenes is 1. The SMILES string of the molecule is C#CCCCC(NC)c1cccc(Br)c1. The molecule has 2 heteroatoms. The first-order valence-corrected chi connectivity index (χ1v) is 5.93. The first-order chi connectivity index (χ1) is 7.27. The molecular weight excluding hydrogens is 250 g/mol. The Hall–Kier alpha value is -0.780. The summed E-state index contributed by atoms with van der Waals surface area (Å²) >= 11 is 3.48. The molecule has 1 nitrogen and oxygen atoms in total. The second-order valence-electron chi connectivity index (χ2n) is 3.49. The first-order valence-electron chi connectivity index (χ1n) is 5.14. The van der Waals surface area contributed by atoms with Gasteiger partial charge in [-0.15, -0.1) is 12.3 Å². The molecule has 1 atom stereocenters. The van der Waals surface area contributed by atoms with E-state index < -0.39 is 0 Å². The Balaban J connectivity index is 2.62. The quantitative estimate of drug-likeness (QED) is 0.635. The zero-order chi connectivity index (χ0) is 11.1. The van der Waals surface area contributed by atoms with Gasteiger partial charge in [0.1, 0.15) is 0 Å². The molecule has 0 fully saturated rings. The molecule has 0 spiro atoms. The Kier molecular flexibility index (Phi) is 5.45. The van der Waals surface area contributed by atoms with E-state index in [-0.39, 0.29) is 0 Å². The number of unbranched alkanes of at least 4 members (excludes halogenated alkanes) is 1. The molecule has 0 aliphatic heterocycles. The third kappa shape index (κ3) is 4.07. The summed E-state index contributed by atoms with van der Waals surface area (Å²) in [7, 11) is 1.99. The van der Waals surface area contributed by atoms with Crippen molar-refractivity contribution in [1.29, 1.82) is 0 Å². The number of benzene rings is 1. The summed E-state index contributed by atoms with van der Waals surface area (Å²) in [6, 6.07) is 8.79. The van der Waals surface area contributed by atoms with Crippen molar-refractivity contribution in [3.05, 3.63) is 34.3 Å². The molecule has 0 saturated carbocycles. The maximum atomic E-state index is 5.24. The number of rotatable bonds is 5. The minimum atomic E-state index is 0.399. The molecule has 0 aliphatic rings. The summed E-state index contributed by atoms with van der Waals surface area (Å²) in [5.74, 6) is 2.67. The van der Waals surface area contributed by atoms with Gasteiger partial charge in [0.15, 0.2) is 0 Å². The lowest BCUT2D eigenvalue weighted by Gasteiger charge is -2.16. The minimum Gasteiger partial charge on any atom is -0.313 e. The standard InChI is InChI=1S/C13H16BrN/c1-3-4-5-9-13(15-2)11-7-6-8-12(14)10-11/h1,6-8,10,13,15H,4-5,9H2,2H3. The van der Waals surface area contributed by atoms with E-state index in [2.05, 4.69) is 45.4 Å². The number of nitrogens with one attached hydrogen (secondary N) is 1. The van der Waals surface area contributed by atoms with Crippen molar-refractivity contribution in [3.8, 4) is 12.3 Å². The molecule has 0 aliphatic carbocycles. The average molecular weight is 266 g/mol. The highest BCUT2D eigenvalue weighted by Gasteiger charge is 2.08. The highest BCUT2D eigenvalue weighted by molar-refractivity contribution is 9.10. The van der Waals surface area contributed by atoms with Crippen LogP contribution in [0.15, 0.2) is 28.7 Å². The molecule has 1 unspecified atom stereocenters. The normalized spacial score (nSPS) is 12.1. The monoisotopic (exact) mass is 265 g/mol. The summed E-state index contributed by atoms with van der Waals surface area (Å²) in [6.45, 7) is 0. The van der Waals surface area contributed by atoms with Crippen LogP contribution < -0.4 is 5.32 Å². The van der Waals surface area contributed by atoms with Crippen LogP contribution in [0, 0.1) is 12.3 Å². The predicted molar refractivity (Wildman–Crippen MR) is 68.6 cm³/mol. The molecule has 1 aromatic rings. The zero-order valence-corrected chi connectivity index (χ0v) is 10.5. The van der Waals surface area contributed by atoms with E-state index in [1.165, 1.54) is 5.56 Å². The van der Waals surface area contributed by atoms with E-state index in [4.69, 9.17) is 6.42 Å². The van der Waals surface area contributed by atoms with Gasteiger partial charge in [0, 0.05) is 16.9 Å². The van der Waals surface area contributed by atoms with Crippen molar-refractivity contribution in [3.63, 3.8) is 0 Å². The second kappa shape index (κ2) is 6.66. The second-order valence-corrected chi connectivity index (χ2v) is 4.41. The van der Waals surface area contributed by atoms with Crippen LogP contribution in [0.2, 0.25) is 0 Å². The third-order valence-corrected chi connectivity index (χ3v) is 2.91. The lowest BCUT2D eigenvalue weighted by molar-refractivity contribution is 0.532. The van der Waals surface area contributed by atoms with Gasteiger partial charge in [-0.3, -0.25) is 0 Å². The molecule has 0 amide bonds. The summed E-state index contributed by atoms with van der Waals surface area (Å²) < 4.78 is 1.12. The van der Waals surface area contributed by atoms with Crippen LogP contribution in [0.4, 0.5) is 0 Å². The fraction of sp³-hybridized carbons (Fsp3) is 0.385.